The summed E-state index contributed by atoms with van der Waals surface area (Å²) in [5.41, 5.74) is 0.0287. The Morgan fingerprint density at radius 1 is 1.06 bits per heavy atom. The first-order chi connectivity index (χ1) is 16.3. The second kappa shape index (κ2) is 9.75. The number of morpholine rings is 1. The van der Waals surface area contributed by atoms with E-state index < -0.39 is 33.4 Å². The lowest BCUT2D eigenvalue weighted by atomic mass is 10.2. The zero-order chi connectivity index (χ0) is 24.3. The van der Waals surface area contributed by atoms with Crippen LogP contribution in [0.25, 0.3) is 11.0 Å². The molecule has 0 radical (unpaired) electrons. The lowest BCUT2D eigenvalue weighted by Gasteiger charge is -2.26. The first-order valence-corrected chi connectivity index (χ1v) is 11.9. The minimum atomic E-state index is -3.74. The fourth-order valence-corrected chi connectivity index (χ4v) is 4.85. The van der Waals surface area contributed by atoms with Crippen LogP contribution in [0.2, 0.25) is 0 Å². The van der Waals surface area contributed by atoms with Crippen LogP contribution in [-0.2, 0) is 24.3 Å². The van der Waals surface area contributed by atoms with Crippen molar-refractivity contribution in [2.24, 2.45) is 0 Å². The third-order valence-electron chi connectivity index (χ3n) is 5.20. The van der Waals surface area contributed by atoms with E-state index in [2.05, 4.69) is 5.32 Å². The van der Waals surface area contributed by atoms with Gasteiger partial charge in [-0.1, -0.05) is 18.2 Å². The van der Waals surface area contributed by atoms with Crippen molar-refractivity contribution in [3.05, 3.63) is 70.6 Å². The molecule has 2 heterocycles. The van der Waals surface area contributed by atoms with Crippen molar-refractivity contribution < 1.29 is 31.9 Å². The quantitative estimate of drug-likeness (QED) is 0.523. The molecule has 1 unspecified atom stereocenters. The summed E-state index contributed by atoms with van der Waals surface area (Å²) in [7, 11) is -3.74. The zero-order valence-corrected chi connectivity index (χ0v) is 19.0. The van der Waals surface area contributed by atoms with Crippen LogP contribution in [0.15, 0.2) is 68.7 Å². The van der Waals surface area contributed by atoms with Crippen LogP contribution in [0.5, 0.6) is 0 Å². The van der Waals surface area contributed by atoms with Crippen molar-refractivity contribution in [1.82, 2.24) is 4.31 Å². The summed E-state index contributed by atoms with van der Waals surface area (Å²) in [6, 6.07) is 13.2. The van der Waals surface area contributed by atoms with Crippen molar-refractivity contribution in [1.29, 1.82) is 0 Å². The highest BCUT2D eigenvalue weighted by atomic mass is 32.2. The number of hydrogen-bond acceptors (Lipinski definition) is 8. The lowest BCUT2D eigenvalue weighted by Crippen LogP contribution is -2.40. The molecule has 0 bridgehead atoms. The van der Waals surface area contributed by atoms with Crippen LogP contribution >= 0.6 is 0 Å². The monoisotopic (exact) mass is 486 g/mol. The number of nitrogens with zero attached hydrogens (tertiary/aromatic N) is 1. The third-order valence-corrected chi connectivity index (χ3v) is 7.09. The van der Waals surface area contributed by atoms with Crippen LogP contribution in [0, 0.1) is 0 Å². The summed E-state index contributed by atoms with van der Waals surface area (Å²) in [5, 5.41) is 2.86. The van der Waals surface area contributed by atoms with E-state index in [1.807, 2.05) is 0 Å². The normalized spacial score (nSPS) is 15.6. The van der Waals surface area contributed by atoms with Gasteiger partial charge in [-0.3, -0.25) is 9.59 Å². The van der Waals surface area contributed by atoms with Crippen LogP contribution in [0.3, 0.4) is 0 Å². The summed E-state index contributed by atoms with van der Waals surface area (Å²) >= 11 is 0. The van der Waals surface area contributed by atoms with Gasteiger partial charge < -0.3 is 19.2 Å². The summed E-state index contributed by atoms with van der Waals surface area (Å²) in [6.45, 7) is 2.47. The topological polar surface area (TPSA) is 132 Å². The second-order valence-electron chi connectivity index (χ2n) is 7.55. The Balaban J connectivity index is 1.44. The van der Waals surface area contributed by atoms with Crippen LogP contribution in [-0.4, -0.2) is 57.0 Å². The van der Waals surface area contributed by atoms with E-state index in [1.54, 1.807) is 24.3 Å². The Morgan fingerprint density at radius 2 is 1.79 bits per heavy atom. The van der Waals surface area contributed by atoms with Crippen molar-refractivity contribution in [2.75, 3.05) is 31.6 Å². The van der Waals surface area contributed by atoms with Gasteiger partial charge in [-0.2, -0.15) is 4.31 Å². The second-order valence-corrected chi connectivity index (χ2v) is 9.49. The molecular formula is C23H22N2O8S. The fourth-order valence-electron chi connectivity index (χ4n) is 3.39. The number of hydrogen-bond donors (Lipinski definition) is 1. The number of benzene rings is 2. The number of sulfonamides is 1. The number of esters is 1. The van der Waals surface area contributed by atoms with Gasteiger partial charge >= 0.3 is 5.97 Å². The van der Waals surface area contributed by atoms with E-state index in [1.165, 1.54) is 35.5 Å². The Kier molecular flexibility index (Phi) is 6.77. The van der Waals surface area contributed by atoms with Gasteiger partial charge in [0.15, 0.2) is 11.5 Å². The van der Waals surface area contributed by atoms with Gasteiger partial charge in [0, 0.05) is 24.8 Å². The molecule has 1 aliphatic heterocycles. The number of ether oxygens (including phenoxy) is 2. The molecule has 11 heteroatoms. The molecule has 1 N–H and O–H groups in total. The predicted octanol–water partition coefficient (Wildman–Crippen LogP) is 2.00. The maximum Gasteiger partial charge on any atom is 0.375 e. The number of rotatable bonds is 6. The van der Waals surface area contributed by atoms with Crippen molar-refractivity contribution in [2.45, 2.75) is 17.9 Å². The molecule has 3 aromatic rings. The first kappa shape index (κ1) is 23.6. The molecule has 1 saturated heterocycles. The van der Waals surface area contributed by atoms with E-state index in [0.717, 1.165) is 6.07 Å². The van der Waals surface area contributed by atoms with Crippen LogP contribution in [0.4, 0.5) is 5.69 Å². The maximum atomic E-state index is 12.8. The molecule has 1 aliphatic rings. The third kappa shape index (κ3) is 5.01. The van der Waals surface area contributed by atoms with E-state index in [4.69, 9.17) is 13.9 Å². The SMILES string of the molecule is CC(OC(=O)c1cc(=O)c2ccccc2o1)C(=O)Nc1cccc(S(=O)(=O)N2CCOCC2)c1. The van der Waals surface area contributed by atoms with Gasteiger partial charge in [0.2, 0.25) is 15.8 Å². The van der Waals surface area contributed by atoms with Crippen molar-refractivity contribution in [3.8, 4) is 0 Å². The van der Waals surface area contributed by atoms with E-state index in [0.29, 0.717) is 18.6 Å². The highest BCUT2D eigenvalue weighted by Gasteiger charge is 2.27. The molecule has 0 saturated carbocycles. The molecule has 1 fully saturated rings. The van der Waals surface area contributed by atoms with Crippen LogP contribution < -0.4 is 10.7 Å². The molecule has 1 amide bonds. The number of nitrogens with one attached hydrogen (secondary N) is 1. The number of anilines is 1. The predicted molar refractivity (Wildman–Crippen MR) is 122 cm³/mol. The molecule has 34 heavy (non-hydrogen) atoms. The minimum absolute atomic E-state index is 0.0230. The van der Waals surface area contributed by atoms with Gasteiger partial charge in [0.25, 0.3) is 5.91 Å². The molecule has 4 rings (SSSR count). The standard InChI is InChI=1S/C23H22N2O8S/c1-15(32-23(28)21-14-19(26)18-7-2-3-8-20(18)33-21)22(27)24-16-5-4-6-17(13-16)34(29,30)25-9-11-31-12-10-25/h2-8,13-15H,9-12H2,1H3,(H,24,27). The number of carbonyl (C=O) groups is 2. The molecule has 1 aromatic heterocycles. The summed E-state index contributed by atoms with van der Waals surface area (Å²) < 4.78 is 42.8. The van der Waals surface area contributed by atoms with E-state index >= 15 is 0 Å². The highest BCUT2D eigenvalue weighted by Crippen LogP contribution is 2.21. The summed E-state index contributed by atoms with van der Waals surface area (Å²) in [4.78, 5) is 37.2. The average molecular weight is 487 g/mol. The largest absolute Gasteiger partial charge is 0.449 e. The number of carbonyl (C=O) groups excluding carboxylic acids is 2. The number of para-hydroxylation sites is 1. The Morgan fingerprint density at radius 3 is 2.56 bits per heavy atom. The Hall–Kier alpha value is -3.54. The van der Waals surface area contributed by atoms with E-state index in [-0.39, 0.29) is 35.0 Å². The zero-order valence-electron chi connectivity index (χ0n) is 18.2. The molecule has 0 spiro atoms. The van der Waals surface area contributed by atoms with E-state index in [9.17, 15) is 22.8 Å². The van der Waals surface area contributed by atoms with Gasteiger partial charge in [-0.15, -0.1) is 0 Å². The highest BCUT2D eigenvalue weighted by molar-refractivity contribution is 7.89. The van der Waals surface area contributed by atoms with Gasteiger partial charge in [-0.25, -0.2) is 13.2 Å². The summed E-state index contributed by atoms with van der Waals surface area (Å²) in [6.07, 6.45) is -1.25. The Bertz CT molecular complexity index is 1390. The molecule has 0 aliphatic carbocycles. The molecule has 2 aromatic carbocycles. The van der Waals surface area contributed by atoms with Crippen molar-refractivity contribution in [3.63, 3.8) is 0 Å². The minimum Gasteiger partial charge on any atom is -0.449 e. The smallest absolute Gasteiger partial charge is 0.375 e. The molecule has 10 nitrogen and oxygen atoms in total. The van der Waals surface area contributed by atoms with Crippen LogP contribution in [0.1, 0.15) is 17.5 Å². The summed E-state index contributed by atoms with van der Waals surface area (Å²) in [5.74, 6) is -1.99. The maximum absolute atomic E-state index is 12.8. The number of fused-ring (bicyclic) bond motifs is 1. The molecule has 1 atom stereocenters. The molecular weight excluding hydrogens is 464 g/mol. The van der Waals surface area contributed by atoms with Gasteiger partial charge in [0.05, 0.1) is 23.5 Å². The fraction of sp³-hybridized carbons (Fsp3) is 0.261. The first-order valence-electron chi connectivity index (χ1n) is 10.5. The van der Waals surface area contributed by atoms with Crippen molar-refractivity contribution >= 4 is 38.6 Å². The average Bonchev–Trinajstić information content (AvgIpc) is 2.84. The van der Waals surface area contributed by atoms with Gasteiger partial charge in [-0.05, 0) is 37.3 Å². The Labute approximate surface area is 195 Å². The van der Waals surface area contributed by atoms with Gasteiger partial charge in [0.1, 0.15) is 5.58 Å². The molecule has 178 valence electrons. The lowest BCUT2D eigenvalue weighted by molar-refractivity contribution is -0.123. The number of amides is 1.